The van der Waals surface area contributed by atoms with Gasteiger partial charge in [-0.15, -0.1) is 0 Å². The molecular weight excluding hydrogens is 436 g/mol. The van der Waals surface area contributed by atoms with Crippen molar-refractivity contribution < 1.29 is 14.3 Å². The van der Waals surface area contributed by atoms with Crippen LogP contribution < -0.4 is 4.74 Å². The van der Waals surface area contributed by atoms with Crippen LogP contribution in [0.2, 0.25) is 5.02 Å². The van der Waals surface area contributed by atoms with Gasteiger partial charge < -0.3 is 14.5 Å². The molecule has 2 aromatic rings. The second kappa shape index (κ2) is 10.6. The van der Waals surface area contributed by atoms with Gasteiger partial charge in [-0.3, -0.25) is 9.59 Å². The quantitative estimate of drug-likeness (QED) is 0.574. The van der Waals surface area contributed by atoms with Crippen molar-refractivity contribution in [2.75, 3.05) is 32.8 Å². The average molecular weight is 469 g/mol. The monoisotopic (exact) mass is 468 g/mol. The van der Waals surface area contributed by atoms with Crippen LogP contribution in [0.25, 0.3) is 0 Å². The molecule has 0 atom stereocenters. The Bertz CT molecular complexity index is 965. The van der Waals surface area contributed by atoms with Gasteiger partial charge in [0.2, 0.25) is 5.91 Å². The molecule has 0 spiro atoms. The molecule has 4 rings (SSSR count). The van der Waals surface area contributed by atoms with Crippen molar-refractivity contribution in [3.8, 4) is 5.75 Å². The van der Waals surface area contributed by atoms with Crippen molar-refractivity contribution in [2.24, 2.45) is 5.41 Å². The van der Waals surface area contributed by atoms with E-state index >= 15 is 0 Å². The maximum Gasteiger partial charge on any atom is 0.253 e. The van der Waals surface area contributed by atoms with Crippen LogP contribution in [0.5, 0.6) is 5.75 Å². The first-order valence-corrected chi connectivity index (χ1v) is 12.3. The number of nitrogens with zero attached hydrogens (tertiary/aromatic N) is 2. The minimum absolute atomic E-state index is 0.0563. The normalized spacial score (nSPS) is 18.1. The summed E-state index contributed by atoms with van der Waals surface area (Å²) in [5, 5.41) is 0.713. The molecule has 2 aromatic carbocycles. The van der Waals surface area contributed by atoms with E-state index in [1.54, 1.807) is 0 Å². The van der Waals surface area contributed by atoms with Gasteiger partial charge >= 0.3 is 0 Å². The lowest BCUT2D eigenvalue weighted by atomic mass is 9.75. The highest BCUT2D eigenvalue weighted by molar-refractivity contribution is 6.31. The first kappa shape index (κ1) is 23.6. The highest BCUT2D eigenvalue weighted by Gasteiger charge is 2.40. The molecule has 0 bridgehead atoms. The molecule has 33 heavy (non-hydrogen) atoms. The summed E-state index contributed by atoms with van der Waals surface area (Å²) in [6.07, 6.45) is 5.32. The molecule has 2 fully saturated rings. The molecule has 0 radical (unpaired) electrons. The summed E-state index contributed by atoms with van der Waals surface area (Å²) >= 11 is 6.16. The molecule has 2 saturated heterocycles. The van der Waals surface area contributed by atoms with Crippen LogP contribution in [0.3, 0.4) is 0 Å². The van der Waals surface area contributed by atoms with Crippen molar-refractivity contribution in [1.82, 2.24) is 9.80 Å². The van der Waals surface area contributed by atoms with E-state index in [4.69, 9.17) is 16.3 Å². The van der Waals surface area contributed by atoms with Crippen molar-refractivity contribution in [1.29, 1.82) is 0 Å². The van der Waals surface area contributed by atoms with Crippen LogP contribution >= 0.6 is 11.6 Å². The largest absolute Gasteiger partial charge is 0.493 e. The molecule has 2 aliphatic rings. The molecule has 2 aliphatic heterocycles. The minimum atomic E-state index is -0.282. The zero-order valence-corrected chi connectivity index (χ0v) is 20.2. The fraction of sp³-hybridized carbons (Fsp3) is 0.481. The van der Waals surface area contributed by atoms with Gasteiger partial charge in [0, 0.05) is 48.6 Å². The molecule has 0 saturated carbocycles. The van der Waals surface area contributed by atoms with E-state index in [-0.39, 0.29) is 17.2 Å². The lowest BCUT2D eigenvalue weighted by Crippen LogP contribution is -2.48. The Morgan fingerprint density at radius 1 is 0.939 bits per heavy atom. The van der Waals surface area contributed by atoms with E-state index in [1.807, 2.05) is 65.3 Å². The van der Waals surface area contributed by atoms with Crippen molar-refractivity contribution >= 4 is 23.4 Å². The molecule has 0 N–H and O–H groups in total. The van der Waals surface area contributed by atoms with Gasteiger partial charge in [-0.05, 0) is 74.9 Å². The number of carbonyl (C=O) groups is 2. The van der Waals surface area contributed by atoms with Crippen LogP contribution in [0.1, 0.15) is 54.4 Å². The Hall–Kier alpha value is -2.53. The highest BCUT2D eigenvalue weighted by atomic mass is 35.5. The van der Waals surface area contributed by atoms with E-state index in [0.29, 0.717) is 36.7 Å². The van der Waals surface area contributed by atoms with Crippen molar-refractivity contribution in [3.63, 3.8) is 0 Å². The van der Waals surface area contributed by atoms with E-state index in [2.05, 4.69) is 0 Å². The van der Waals surface area contributed by atoms with Gasteiger partial charge in [0.15, 0.2) is 0 Å². The van der Waals surface area contributed by atoms with E-state index in [1.165, 1.54) is 6.42 Å². The second-order valence-corrected chi connectivity index (χ2v) is 9.88. The highest BCUT2D eigenvalue weighted by Crippen LogP contribution is 2.37. The molecule has 2 amide bonds. The number of ether oxygens (including phenoxy) is 1. The maximum absolute atomic E-state index is 13.2. The number of rotatable bonds is 6. The SMILES string of the molecule is Cc1cc(OCC2(CC(=O)N3CCCCC3)CCN(C(=O)c3ccccc3)CC2)ccc1Cl. The van der Waals surface area contributed by atoms with Crippen LogP contribution in [0.4, 0.5) is 0 Å². The molecule has 0 unspecified atom stereocenters. The number of hydrogen-bond acceptors (Lipinski definition) is 3. The smallest absolute Gasteiger partial charge is 0.253 e. The molecule has 2 heterocycles. The molecular formula is C27H33ClN2O3. The second-order valence-electron chi connectivity index (χ2n) is 9.48. The van der Waals surface area contributed by atoms with Crippen LogP contribution in [0.15, 0.2) is 48.5 Å². The lowest BCUT2D eigenvalue weighted by molar-refractivity contribution is -0.136. The number of halogens is 1. The van der Waals surface area contributed by atoms with Crippen LogP contribution in [-0.2, 0) is 4.79 Å². The number of hydrogen-bond donors (Lipinski definition) is 0. The third-order valence-corrected chi connectivity index (χ3v) is 7.47. The summed E-state index contributed by atoms with van der Waals surface area (Å²) < 4.78 is 6.22. The Labute approximate surface area is 201 Å². The fourth-order valence-electron chi connectivity index (χ4n) is 4.84. The number of likely N-dealkylation sites (tertiary alicyclic amines) is 2. The molecule has 176 valence electrons. The van der Waals surface area contributed by atoms with Crippen LogP contribution in [0, 0.1) is 12.3 Å². The number of benzene rings is 2. The van der Waals surface area contributed by atoms with E-state index < -0.39 is 0 Å². The predicted molar refractivity (Wildman–Crippen MR) is 131 cm³/mol. The van der Waals surface area contributed by atoms with Gasteiger partial charge in [-0.25, -0.2) is 0 Å². The Morgan fingerprint density at radius 2 is 1.64 bits per heavy atom. The topological polar surface area (TPSA) is 49.9 Å². The van der Waals surface area contributed by atoms with Gasteiger partial charge in [0.1, 0.15) is 5.75 Å². The van der Waals surface area contributed by atoms with Gasteiger partial charge in [0.25, 0.3) is 5.91 Å². The third-order valence-electron chi connectivity index (χ3n) is 7.04. The number of carbonyl (C=O) groups excluding carboxylic acids is 2. The van der Waals surface area contributed by atoms with Crippen molar-refractivity contribution in [3.05, 3.63) is 64.7 Å². The number of piperidine rings is 2. The van der Waals surface area contributed by atoms with Crippen molar-refractivity contribution in [2.45, 2.75) is 45.4 Å². The molecule has 0 aromatic heterocycles. The average Bonchev–Trinajstić information content (AvgIpc) is 2.86. The van der Waals surface area contributed by atoms with Gasteiger partial charge in [0.05, 0.1) is 6.61 Å². The van der Waals surface area contributed by atoms with Crippen LogP contribution in [-0.4, -0.2) is 54.4 Å². The minimum Gasteiger partial charge on any atom is -0.493 e. The Kier molecular flexibility index (Phi) is 7.59. The summed E-state index contributed by atoms with van der Waals surface area (Å²) in [7, 11) is 0. The number of aryl methyl sites for hydroxylation is 1. The summed E-state index contributed by atoms with van der Waals surface area (Å²) in [5.74, 6) is 1.04. The first-order valence-electron chi connectivity index (χ1n) is 12.0. The predicted octanol–water partition coefficient (Wildman–Crippen LogP) is 5.35. The standard InChI is InChI=1S/C27H33ClN2O3/c1-21-18-23(10-11-24(21)28)33-20-27(19-25(31)29-14-6-3-7-15-29)12-16-30(17-13-27)26(32)22-8-4-2-5-9-22/h2,4-5,8-11,18H,3,6-7,12-17,19-20H2,1H3. The third kappa shape index (κ3) is 5.89. The molecule has 5 nitrogen and oxygen atoms in total. The summed E-state index contributed by atoms with van der Waals surface area (Å²) in [6, 6.07) is 15.1. The summed E-state index contributed by atoms with van der Waals surface area (Å²) in [5.41, 5.74) is 1.40. The zero-order valence-electron chi connectivity index (χ0n) is 19.4. The zero-order chi connectivity index (χ0) is 23.3. The Balaban J connectivity index is 1.46. The summed E-state index contributed by atoms with van der Waals surface area (Å²) in [6.45, 7) is 5.38. The first-order chi connectivity index (χ1) is 16.0. The number of amides is 2. The molecule has 6 heteroatoms. The van der Waals surface area contributed by atoms with Gasteiger partial charge in [-0.1, -0.05) is 29.8 Å². The van der Waals surface area contributed by atoms with Gasteiger partial charge in [-0.2, -0.15) is 0 Å². The lowest BCUT2D eigenvalue weighted by Gasteiger charge is -2.42. The molecule has 0 aliphatic carbocycles. The van der Waals surface area contributed by atoms with E-state index in [0.717, 1.165) is 50.1 Å². The summed E-state index contributed by atoms with van der Waals surface area (Å²) in [4.78, 5) is 30.0. The maximum atomic E-state index is 13.2. The fourth-order valence-corrected chi connectivity index (χ4v) is 4.96. The Morgan fingerprint density at radius 3 is 2.30 bits per heavy atom. The van der Waals surface area contributed by atoms with E-state index in [9.17, 15) is 9.59 Å².